The molecule has 0 saturated carbocycles. The Kier molecular flexibility index (Phi) is 6.02. The molecule has 0 aromatic carbocycles. The van der Waals surface area contributed by atoms with Crippen LogP contribution in [0.1, 0.15) is 50.1 Å². The molecule has 0 radical (unpaired) electrons. The second kappa shape index (κ2) is 7.81. The van der Waals surface area contributed by atoms with Gasteiger partial charge in [0.2, 0.25) is 5.91 Å². The van der Waals surface area contributed by atoms with E-state index in [0.717, 1.165) is 36.5 Å². The predicted molar refractivity (Wildman–Crippen MR) is 91.8 cm³/mol. The van der Waals surface area contributed by atoms with Crippen LogP contribution in [0, 0.1) is 25.7 Å². The Bertz CT molecular complexity index is 607. The van der Waals surface area contributed by atoms with Gasteiger partial charge >= 0.3 is 5.97 Å². The molecule has 6 heteroatoms. The molecule has 1 atom stereocenters. The van der Waals surface area contributed by atoms with Crippen molar-refractivity contribution in [2.24, 2.45) is 11.8 Å². The summed E-state index contributed by atoms with van der Waals surface area (Å²) in [5.74, 6) is 0.197. The standard InChI is InChI=1S/C18H29N3O3/c1-12(2)10-21-14(4)16(13(3)19-21)9-17(22)20-8-7-15(11-20)5-6-18(23)24/h12,15H,5-11H2,1-4H3,(H,23,24). The van der Waals surface area contributed by atoms with Crippen molar-refractivity contribution >= 4 is 11.9 Å². The van der Waals surface area contributed by atoms with Gasteiger partial charge in [-0.3, -0.25) is 14.3 Å². The first-order chi connectivity index (χ1) is 11.3. The number of nitrogens with zero attached hydrogens (tertiary/aromatic N) is 3. The lowest BCUT2D eigenvalue weighted by Crippen LogP contribution is -2.30. The van der Waals surface area contributed by atoms with Crippen LogP contribution < -0.4 is 0 Å². The molecule has 1 aliphatic rings. The van der Waals surface area contributed by atoms with Crippen molar-refractivity contribution in [3.05, 3.63) is 17.0 Å². The number of carbonyl (C=O) groups excluding carboxylic acids is 1. The van der Waals surface area contributed by atoms with Crippen LogP contribution in [0.3, 0.4) is 0 Å². The van der Waals surface area contributed by atoms with Gasteiger partial charge in [0.1, 0.15) is 0 Å². The first-order valence-corrected chi connectivity index (χ1v) is 8.80. The summed E-state index contributed by atoms with van der Waals surface area (Å²) in [6.07, 6.45) is 2.14. The number of aliphatic carboxylic acids is 1. The smallest absolute Gasteiger partial charge is 0.303 e. The molecule has 134 valence electrons. The Labute approximate surface area is 143 Å². The summed E-state index contributed by atoms with van der Waals surface area (Å²) in [4.78, 5) is 25.2. The number of amides is 1. The summed E-state index contributed by atoms with van der Waals surface area (Å²) >= 11 is 0. The minimum Gasteiger partial charge on any atom is -0.481 e. The third-order valence-electron chi connectivity index (χ3n) is 4.80. The van der Waals surface area contributed by atoms with Gasteiger partial charge < -0.3 is 10.0 Å². The Hall–Kier alpha value is -1.85. The van der Waals surface area contributed by atoms with Crippen LogP contribution in [0.4, 0.5) is 0 Å². The third kappa shape index (κ3) is 4.58. The molecular formula is C18H29N3O3. The maximum absolute atomic E-state index is 12.6. The highest BCUT2D eigenvalue weighted by atomic mass is 16.4. The molecule has 1 saturated heterocycles. The zero-order valence-electron chi connectivity index (χ0n) is 15.2. The van der Waals surface area contributed by atoms with E-state index in [0.29, 0.717) is 31.2 Å². The average molecular weight is 335 g/mol. The normalized spacial score (nSPS) is 17.7. The van der Waals surface area contributed by atoms with Gasteiger partial charge in [0.25, 0.3) is 0 Å². The first kappa shape index (κ1) is 18.5. The summed E-state index contributed by atoms with van der Waals surface area (Å²) in [6, 6.07) is 0. The fourth-order valence-electron chi connectivity index (χ4n) is 3.40. The van der Waals surface area contributed by atoms with Crippen molar-refractivity contribution in [1.29, 1.82) is 0 Å². The van der Waals surface area contributed by atoms with E-state index >= 15 is 0 Å². The molecule has 0 spiro atoms. The third-order valence-corrected chi connectivity index (χ3v) is 4.80. The highest BCUT2D eigenvalue weighted by molar-refractivity contribution is 5.79. The van der Waals surface area contributed by atoms with Gasteiger partial charge in [-0.25, -0.2) is 0 Å². The van der Waals surface area contributed by atoms with Crippen molar-refractivity contribution in [2.75, 3.05) is 13.1 Å². The zero-order chi connectivity index (χ0) is 17.9. The van der Waals surface area contributed by atoms with Crippen molar-refractivity contribution in [3.63, 3.8) is 0 Å². The lowest BCUT2D eigenvalue weighted by molar-refractivity contribution is -0.137. The summed E-state index contributed by atoms with van der Waals surface area (Å²) < 4.78 is 2.00. The van der Waals surface area contributed by atoms with Crippen molar-refractivity contribution in [1.82, 2.24) is 14.7 Å². The summed E-state index contributed by atoms with van der Waals surface area (Å²) in [6.45, 7) is 10.6. The Balaban J connectivity index is 1.95. The molecule has 0 bridgehead atoms. The van der Waals surface area contributed by atoms with Crippen molar-refractivity contribution in [3.8, 4) is 0 Å². The van der Waals surface area contributed by atoms with E-state index in [4.69, 9.17) is 5.11 Å². The number of hydrogen-bond acceptors (Lipinski definition) is 3. The summed E-state index contributed by atoms with van der Waals surface area (Å²) in [5.41, 5.74) is 3.05. The Morgan fingerprint density at radius 3 is 2.67 bits per heavy atom. The zero-order valence-corrected chi connectivity index (χ0v) is 15.2. The summed E-state index contributed by atoms with van der Waals surface area (Å²) in [5, 5.41) is 13.4. The lowest BCUT2D eigenvalue weighted by Gasteiger charge is -2.17. The van der Waals surface area contributed by atoms with Crippen LogP contribution in [0.5, 0.6) is 0 Å². The van der Waals surface area contributed by atoms with Gasteiger partial charge in [-0.1, -0.05) is 13.8 Å². The maximum atomic E-state index is 12.6. The van der Waals surface area contributed by atoms with Crippen molar-refractivity contribution in [2.45, 2.75) is 59.9 Å². The second-order valence-electron chi connectivity index (χ2n) is 7.33. The number of likely N-dealkylation sites (tertiary alicyclic amines) is 1. The highest BCUT2D eigenvalue weighted by Gasteiger charge is 2.27. The number of carboxylic acid groups (broad SMARTS) is 1. The monoisotopic (exact) mass is 335 g/mol. The van der Waals surface area contributed by atoms with E-state index in [1.165, 1.54) is 0 Å². The number of carbonyl (C=O) groups is 2. The molecule has 0 aliphatic carbocycles. The highest BCUT2D eigenvalue weighted by Crippen LogP contribution is 2.23. The fourth-order valence-corrected chi connectivity index (χ4v) is 3.40. The van der Waals surface area contributed by atoms with Crippen LogP contribution in [0.25, 0.3) is 0 Å². The summed E-state index contributed by atoms with van der Waals surface area (Å²) in [7, 11) is 0. The number of aryl methyl sites for hydroxylation is 1. The number of rotatable bonds is 7. The van der Waals surface area contributed by atoms with Gasteiger partial charge in [0, 0.05) is 37.3 Å². The average Bonchev–Trinajstić information content (AvgIpc) is 3.05. The molecule has 1 fully saturated rings. The molecular weight excluding hydrogens is 306 g/mol. The predicted octanol–water partition coefficient (Wildman–Crippen LogP) is 2.41. The van der Waals surface area contributed by atoms with Gasteiger partial charge in [0.15, 0.2) is 0 Å². The minimum absolute atomic E-state index is 0.128. The Morgan fingerprint density at radius 1 is 1.33 bits per heavy atom. The van der Waals surface area contributed by atoms with Gasteiger partial charge in [-0.15, -0.1) is 0 Å². The van der Waals surface area contributed by atoms with E-state index in [1.54, 1.807) is 0 Å². The number of hydrogen-bond donors (Lipinski definition) is 1. The lowest BCUT2D eigenvalue weighted by atomic mass is 10.0. The molecule has 24 heavy (non-hydrogen) atoms. The van der Waals surface area contributed by atoms with Crippen LogP contribution in [-0.2, 0) is 22.6 Å². The molecule has 6 nitrogen and oxygen atoms in total. The van der Waals surface area contributed by atoms with Crippen LogP contribution in [0.2, 0.25) is 0 Å². The molecule has 1 aromatic rings. The maximum Gasteiger partial charge on any atom is 0.303 e. The van der Waals surface area contributed by atoms with Gasteiger partial charge in [-0.05, 0) is 38.5 Å². The molecule has 2 heterocycles. The van der Waals surface area contributed by atoms with E-state index < -0.39 is 5.97 Å². The van der Waals surface area contributed by atoms with Crippen LogP contribution in [-0.4, -0.2) is 44.8 Å². The quantitative estimate of drug-likeness (QED) is 0.830. The molecule has 1 aromatic heterocycles. The van der Waals surface area contributed by atoms with Gasteiger partial charge in [-0.2, -0.15) is 5.10 Å². The topological polar surface area (TPSA) is 75.4 Å². The largest absolute Gasteiger partial charge is 0.481 e. The van der Waals surface area contributed by atoms with E-state index in [-0.39, 0.29) is 12.3 Å². The SMILES string of the molecule is Cc1nn(CC(C)C)c(C)c1CC(=O)N1CCC(CCC(=O)O)C1. The number of carboxylic acids is 1. The Morgan fingerprint density at radius 2 is 2.04 bits per heavy atom. The van der Waals surface area contributed by atoms with E-state index in [9.17, 15) is 9.59 Å². The van der Waals surface area contributed by atoms with E-state index in [2.05, 4.69) is 18.9 Å². The minimum atomic E-state index is -0.761. The van der Waals surface area contributed by atoms with Gasteiger partial charge in [0.05, 0.1) is 12.1 Å². The first-order valence-electron chi connectivity index (χ1n) is 8.80. The van der Waals surface area contributed by atoms with Crippen LogP contribution >= 0.6 is 0 Å². The van der Waals surface area contributed by atoms with E-state index in [1.807, 2.05) is 23.4 Å². The molecule has 1 unspecified atom stereocenters. The van der Waals surface area contributed by atoms with Crippen molar-refractivity contribution < 1.29 is 14.7 Å². The van der Waals surface area contributed by atoms with Crippen LogP contribution in [0.15, 0.2) is 0 Å². The second-order valence-corrected chi connectivity index (χ2v) is 7.33. The molecule has 1 N–H and O–H groups in total. The fraction of sp³-hybridized carbons (Fsp3) is 0.722. The molecule has 2 rings (SSSR count). The number of aromatic nitrogens is 2. The molecule has 1 amide bonds. The molecule has 1 aliphatic heterocycles.